The van der Waals surface area contributed by atoms with Crippen LogP contribution in [0, 0.1) is 0 Å². The number of thiophene rings is 1. The van der Waals surface area contributed by atoms with Gasteiger partial charge in [-0.3, -0.25) is 0 Å². The predicted octanol–water partition coefficient (Wildman–Crippen LogP) is 14.6. The van der Waals surface area contributed by atoms with Crippen LogP contribution in [0.2, 0.25) is 0 Å². The topological polar surface area (TPSA) is 26.3 Å². The van der Waals surface area contributed by atoms with Gasteiger partial charge in [-0.15, -0.1) is 11.3 Å². The van der Waals surface area contributed by atoms with E-state index in [1.807, 2.05) is 11.3 Å². The van der Waals surface area contributed by atoms with Crippen molar-refractivity contribution in [3.63, 3.8) is 0 Å². The van der Waals surface area contributed by atoms with Gasteiger partial charge in [0, 0.05) is 47.8 Å². The van der Waals surface area contributed by atoms with Crippen LogP contribution in [0.4, 0.5) is 0 Å². The molecular weight excluding hydrogens is 641 g/mol. The van der Waals surface area contributed by atoms with Crippen LogP contribution >= 0.6 is 11.3 Å². The first kappa shape index (κ1) is 27.4. The SMILES string of the molecule is c1ccc2c(c1)ccc1oc3cc4oc5cc(-c6c7ccccc7c(-c7ccc8c(c7)sc7ccccc78)c7ccccc67)ccc5c4cc3c12. The Morgan fingerprint density at radius 1 is 0.314 bits per heavy atom. The summed E-state index contributed by atoms with van der Waals surface area (Å²) in [5.41, 5.74) is 8.32. The Hall–Kier alpha value is -6.42. The second kappa shape index (κ2) is 10.1. The molecule has 0 atom stereocenters. The molecule has 12 rings (SSSR count). The van der Waals surface area contributed by atoms with Gasteiger partial charge in [0.15, 0.2) is 0 Å². The highest BCUT2D eigenvalue weighted by molar-refractivity contribution is 7.25. The summed E-state index contributed by atoms with van der Waals surface area (Å²) in [7, 11) is 0. The molecule has 2 nitrogen and oxygen atoms in total. The van der Waals surface area contributed by atoms with Crippen molar-refractivity contribution in [2.75, 3.05) is 0 Å². The van der Waals surface area contributed by atoms with Crippen LogP contribution in [0.15, 0.2) is 167 Å². The van der Waals surface area contributed by atoms with Gasteiger partial charge in [-0.1, -0.05) is 115 Å². The molecular formula is C48H26O2S. The molecule has 0 unspecified atom stereocenters. The van der Waals surface area contributed by atoms with Gasteiger partial charge in [0.05, 0.1) is 0 Å². The third-order valence-corrected chi connectivity index (χ3v) is 12.0. The van der Waals surface area contributed by atoms with Crippen LogP contribution in [0.3, 0.4) is 0 Å². The van der Waals surface area contributed by atoms with Gasteiger partial charge in [0.2, 0.25) is 0 Å². The highest BCUT2D eigenvalue weighted by atomic mass is 32.1. The maximum atomic E-state index is 6.63. The Kier molecular flexibility index (Phi) is 5.41. The van der Waals surface area contributed by atoms with Crippen LogP contribution in [0.25, 0.3) is 119 Å². The van der Waals surface area contributed by atoms with E-state index in [1.165, 1.54) is 69.2 Å². The van der Waals surface area contributed by atoms with E-state index in [2.05, 4.69) is 158 Å². The lowest BCUT2D eigenvalue weighted by Crippen LogP contribution is -1.90. The fourth-order valence-electron chi connectivity index (χ4n) is 8.60. The molecule has 0 saturated carbocycles. The lowest BCUT2D eigenvalue weighted by Gasteiger charge is -2.17. The average Bonchev–Trinajstić information content (AvgIpc) is 3.85. The smallest absolute Gasteiger partial charge is 0.139 e. The average molecular weight is 667 g/mol. The van der Waals surface area contributed by atoms with Crippen molar-refractivity contribution in [3.8, 4) is 22.3 Å². The number of benzene rings is 9. The molecule has 12 aromatic rings. The summed E-state index contributed by atoms with van der Waals surface area (Å²) in [6.07, 6.45) is 0. The summed E-state index contributed by atoms with van der Waals surface area (Å²) in [4.78, 5) is 0. The van der Waals surface area contributed by atoms with Crippen LogP contribution < -0.4 is 0 Å². The van der Waals surface area contributed by atoms with Gasteiger partial charge >= 0.3 is 0 Å². The van der Waals surface area contributed by atoms with Gasteiger partial charge in [-0.05, 0) is 91.0 Å². The highest BCUT2D eigenvalue weighted by Crippen LogP contribution is 2.47. The highest BCUT2D eigenvalue weighted by Gasteiger charge is 2.20. The summed E-state index contributed by atoms with van der Waals surface area (Å²) >= 11 is 1.87. The monoisotopic (exact) mass is 666 g/mol. The fourth-order valence-corrected chi connectivity index (χ4v) is 9.75. The van der Waals surface area contributed by atoms with E-state index in [4.69, 9.17) is 8.83 Å². The van der Waals surface area contributed by atoms with Crippen molar-refractivity contribution in [2.45, 2.75) is 0 Å². The molecule has 0 bridgehead atoms. The summed E-state index contributed by atoms with van der Waals surface area (Å²) < 4.78 is 15.7. The molecule has 0 N–H and O–H groups in total. The zero-order valence-electron chi connectivity index (χ0n) is 27.2. The molecule has 3 heteroatoms. The molecule has 0 aliphatic rings. The van der Waals surface area contributed by atoms with E-state index in [1.54, 1.807) is 0 Å². The third-order valence-electron chi connectivity index (χ3n) is 10.8. The largest absolute Gasteiger partial charge is 0.456 e. The molecule has 0 saturated heterocycles. The number of fused-ring (bicyclic) bond motifs is 13. The minimum atomic E-state index is 0.833. The molecule has 3 heterocycles. The first-order chi connectivity index (χ1) is 25.3. The molecule has 0 aliphatic carbocycles. The molecule has 3 aromatic heterocycles. The molecule has 0 amide bonds. The van der Waals surface area contributed by atoms with Crippen molar-refractivity contribution >= 4 is 108 Å². The van der Waals surface area contributed by atoms with Crippen molar-refractivity contribution < 1.29 is 8.83 Å². The van der Waals surface area contributed by atoms with Gasteiger partial charge in [-0.25, -0.2) is 0 Å². The Morgan fingerprint density at radius 3 is 1.61 bits per heavy atom. The summed E-state index contributed by atoms with van der Waals surface area (Å²) in [5.74, 6) is 0. The minimum absolute atomic E-state index is 0.833. The number of furan rings is 2. The Morgan fingerprint density at radius 2 is 0.863 bits per heavy atom. The van der Waals surface area contributed by atoms with E-state index in [0.29, 0.717) is 0 Å². The molecule has 0 aliphatic heterocycles. The maximum Gasteiger partial charge on any atom is 0.139 e. The fraction of sp³-hybridized carbons (Fsp3) is 0. The first-order valence-electron chi connectivity index (χ1n) is 17.3. The lowest BCUT2D eigenvalue weighted by molar-refractivity contribution is 0.656. The van der Waals surface area contributed by atoms with Gasteiger partial charge < -0.3 is 8.83 Å². The Labute approximate surface area is 295 Å². The Balaban J connectivity index is 1.09. The van der Waals surface area contributed by atoms with Crippen LogP contribution in [-0.4, -0.2) is 0 Å². The molecule has 236 valence electrons. The normalized spacial score (nSPS) is 12.3. The molecule has 9 aromatic carbocycles. The first-order valence-corrected chi connectivity index (χ1v) is 18.1. The molecule has 0 spiro atoms. The lowest BCUT2D eigenvalue weighted by atomic mass is 9.85. The second-order valence-electron chi connectivity index (χ2n) is 13.6. The second-order valence-corrected chi connectivity index (χ2v) is 14.7. The zero-order chi connectivity index (χ0) is 33.2. The van der Waals surface area contributed by atoms with E-state index in [-0.39, 0.29) is 0 Å². The maximum absolute atomic E-state index is 6.63. The van der Waals surface area contributed by atoms with E-state index in [9.17, 15) is 0 Å². The summed E-state index contributed by atoms with van der Waals surface area (Å²) in [5, 5.41) is 14.5. The minimum Gasteiger partial charge on any atom is -0.456 e. The standard InChI is InChI=1S/C48H26O2S/c1-2-10-30-27(9-1)19-22-40-48(30)39-25-38-31-20-17-28(23-41(31)50-42(38)26-43(39)49-40)46-34-12-3-5-14-36(34)47(37-15-6-4-13-35(37)46)29-18-21-33-32-11-7-8-16-44(32)51-45(33)24-29/h1-26H. The van der Waals surface area contributed by atoms with Crippen molar-refractivity contribution in [3.05, 3.63) is 158 Å². The molecule has 51 heavy (non-hydrogen) atoms. The molecule has 0 fully saturated rings. The van der Waals surface area contributed by atoms with Crippen molar-refractivity contribution in [1.29, 1.82) is 0 Å². The van der Waals surface area contributed by atoms with Gasteiger partial charge in [-0.2, -0.15) is 0 Å². The van der Waals surface area contributed by atoms with E-state index < -0.39 is 0 Å². The van der Waals surface area contributed by atoms with Crippen LogP contribution in [0.1, 0.15) is 0 Å². The predicted molar refractivity (Wildman–Crippen MR) is 217 cm³/mol. The number of hydrogen-bond donors (Lipinski definition) is 0. The van der Waals surface area contributed by atoms with Crippen LogP contribution in [0.5, 0.6) is 0 Å². The Bertz CT molecular complexity index is 3370. The zero-order valence-corrected chi connectivity index (χ0v) is 28.1. The third kappa shape index (κ3) is 3.81. The van der Waals surface area contributed by atoms with Crippen molar-refractivity contribution in [2.24, 2.45) is 0 Å². The number of rotatable bonds is 2. The van der Waals surface area contributed by atoms with Gasteiger partial charge in [0.1, 0.15) is 22.3 Å². The molecule has 0 radical (unpaired) electrons. The summed E-state index contributed by atoms with van der Waals surface area (Å²) in [6, 6.07) is 57.2. The van der Waals surface area contributed by atoms with E-state index >= 15 is 0 Å². The van der Waals surface area contributed by atoms with E-state index in [0.717, 1.165) is 49.4 Å². The number of hydrogen-bond acceptors (Lipinski definition) is 3. The quantitative estimate of drug-likeness (QED) is 0.172. The van der Waals surface area contributed by atoms with Gasteiger partial charge in [0.25, 0.3) is 0 Å². The summed E-state index contributed by atoms with van der Waals surface area (Å²) in [6.45, 7) is 0. The van der Waals surface area contributed by atoms with Crippen LogP contribution in [-0.2, 0) is 0 Å². The van der Waals surface area contributed by atoms with Crippen molar-refractivity contribution in [1.82, 2.24) is 0 Å².